The molecule has 196 valence electrons. The molecule has 4 aliphatic rings. The fourth-order valence-electron chi connectivity index (χ4n) is 6.39. The van der Waals surface area contributed by atoms with Crippen LogP contribution in [0.2, 0.25) is 0 Å². The summed E-state index contributed by atoms with van der Waals surface area (Å²) in [5.41, 5.74) is 1.36. The molecule has 1 heterocycles. The topological polar surface area (TPSA) is 59.2 Å². The number of anilines is 1. The molecule has 0 saturated heterocycles. The number of hydrogen-bond acceptors (Lipinski definition) is 4. The zero-order valence-corrected chi connectivity index (χ0v) is 20.8. The summed E-state index contributed by atoms with van der Waals surface area (Å²) in [7, 11) is 0. The van der Waals surface area contributed by atoms with Crippen LogP contribution in [0.25, 0.3) is 0 Å². The van der Waals surface area contributed by atoms with E-state index >= 15 is 0 Å². The van der Waals surface area contributed by atoms with Crippen LogP contribution in [0.4, 0.5) is 23.2 Å². The number of hydrogen-bond donors (Lipinski definition) is 0. The number of amides is 1. The predicted octanol–water partition coefficient (Wildman–Crippen LogP) is 6.94. The van der Waals surface area contributed by atoms with E-state index in [0.29, 0.717) is 12.4 Å². The van der Waals surface area contributed by atoms with Gasteiger partial charge in [0.2, 0.25) is 11.8 Å². The van der Waals surface area contributed by atoms with Crippen molar-refractivity contribution in [3.8, 4) is 0 Å². The van der Waals surface area contributed by atoms with Crippen molar-refractivity contribution >= 4 is 11.6 Å². The number of benzene rings is 1. The number of halogens is 4. The lowest BCUT2D eigenvalue weighted by Crippen LogP contribution is -2.52. The molecular weight excluding hydrogens is 474 g/mol. The third-order valence-electron chi connectivity index (χ3n) is 8.82. The number of aryl methyl sites for hydroxylation is 1. The first-order valence-corrected chi connectivity index (χ1v) is 12.9. The van der Waals surface area contributed by atoms with Gasteiger partial charge in [-0.05, 0) is 81.4 Å². The van der Waals surface area contributed by atoms with Gasteiger partial charge in [-0.2, -0.15) is 13.8 Å². The fraction of sp³-hybridized carbons (Fsp3) is 0.667. The van der Waals surface area contributed by atoms with Crippen LogP contribution in [0, 0.1) is 18.3 Å². The Bertz CT molecular complexity index is 1090. The van der Waals surface area contributed by atoms with Crippen LogP contribution >= 0.6 is 0 Å². The van der Waals surface area contributed by atoms with Crippen molar-refractivity contribution in [2.75, 3.05) is 11.4 Å². The highest BCUT2D eigenvalue weighted by Crippen LogP contribution is 2.58. The maximum absolute atomic E-state index is 13.8. The van der Waals surface area contributed by atoms with E-state index in [1.54, 1.807) is 0 Å². The molecule has 0 aliphatic heterocycles. The van der Waals surface area contributed by atoms with E-state index in [1.165, 1.54) is 0 Å². The summed E-state index contributed by atoms with van der Waals surface area (Å²) in [6, 6.07) is 7.79. The summed E-state index contributed by atoms with van der Waals surface area (Å²) < 4.78 is 59.8. The number of fused-ring (bicyclic) bond motifs is 3. The van der Waals surface area contributed by atoms with Crippen molar-refractivity contribution in [2.24, 2.45) is 11.3 Å². The number of aromatic nitrogens is 2. The van der Waals surface area contributed by atoms with Crippen LogP contribution in [0.15, 0.2) is 28.8 Å². The Hall–Kier alpha value is -2.45. The summed E-state index contributed by atoms with van der Waals surface area (Å²) in [6.07, 6.45) is 4.59. The van der Waals surface area contributed by atoms with Gasteiger partial charge in [-0.25, -0.2) is 8.78 Å². The Kier molecular flexibility index (Phi) is 6.19. The lowest BCUT2D eigenvalue weighted by molar-refractivity contribution is -0.127. The molecule has 36 heavy (non-hydrogen) atoms. The van der Waals surface area contributed by atoms with E-state index in [9.17, 15) is 22.4 Å². The molecule has 4 aliphatic carbocycles. The minimum atomic E-state index is -3.17. The molecule has 0 spiro atoms. The monoisotopic (exact) mass is 507 g/mol. The standard InChI is InChI=1S/C27H33F4N3O2/c1-18-4-3-5-20(16-18)34(21(35)19-6-8-27(30,31)9-7-19)17-25-10-13-26(14-11-25,15-12-25)22-32-23(36-33-22)24(2,28)29/h3-5,16,19H,6-15,17H2,1-2H3. The second-order valence-corrected chi connectivity index (χ2v) is 11.5. The lowest BCUT2D eigenvalue weighted by Gasteiger charge is -2.53. The summed E-state index contributed by atoms with van der Waals surface area (Å²) in [6.45, 7) is 3.25. The van der Waals surface area contributed by atoms with Crippen molar-refractivity contribution in [2.45, 2.75) is 95.3 Å². The van der Waals surface area contributed by atoms with Crippen LogP contribution in [0.3, 0.4) is 0 Å². The summed E-state index contributed by atoms with van der Waals surface area (Å²) in [5, 5.41) is 3.92. The Balaban J connectivity index is 1.35. The number of rotatable bonds is 6. The molecule has 9 heteroatoms. The Morgan fingerprint density at radius 1 is 1.08 bits per heavy atom. The summed E-state index contributed by atoms with van der Waals surface area (Å²) in [5.74, 6) is -6.61. The number of alkyl halides is 4. The minimum Gasteiger partial charge on any atom is -0.333 e. The number of nitrogens with zero attached hydrogens (tertiary/aromatic N) is 3. The predicted molar refractivity (Wildman–Crippen MR) is 126 cm³/mol. The highest BCUT2D eigenvalue weighted by molar-refractivity contribution is 5.95. The second kappa shape index (κ2) is 8.84. The van der Waals surface area contributed by atoms with Gasteiger partial charge in [-0.15, -0.1) is 0 Å². The van der Waals surface area contributed by atoms with Crippen molar-refractivity contribution in [1.82, 2.24) is 10.1 Å². The average molecular weight is 508 g/mol. The Morgan fingerprint density at radius 3 is 2.28 bits per heavy atom. The van der Waals surface area contributed by atoms with Crippen molar-refractivity contribution < 1.29 is 26.9 Å². The van der Waals surface area contributed by atoms with Crippen LogP contribution in [-0.2, 0) is 16.1 Å². The van der Waals surface area contributed by atoms with Gasteiger partial charge in [0.25, 0.3) is 5.89 Å². The molecule has 6 rings (SSSR count). The maximum Gasteiger partial charge on any atom is 0.322 e. The van der Waals surface area contributed by atoms with E-state index in [2.05, 4.69) is 10.1 Å². The normalized spacial score (nSPS) is 28.3. The van der Waals surface area contributed by atoms with Crippen molar-refractivity contribution in [3.05, 3.63) is 41.5 Å². The molecule has 0 radical (unpaired) electrons. The molecule has 4 saturated carbocycles. The van der Waals surface area contributed by atoms with Gasteiger partial charge in [0.05, 0.1) is 0 Å². The van der Waals surface area contributed by atoms with Gasteiger partial charge in [0.1, 0.15) is 0 Å². The third-order valence-corrected chi connectivity index (χ3v) is 8.82. The van der Waals surface area contributed by atoms with Gasteiger partial charge in [-0.1, -0.05) is 17.3 Å². The van der Waals surface area contributed by atoms with E-state index in [-0.39, 0.29) is 42.4 Å². The molecule has 1 amide bonds. The highest BCUT2D eigenvalue weighted by Gasteiger charge is 2.53. The first-order chi connectivity index (χ1) is 16.9. The zero-order chi connectivity index (χ0) is 25.8. The van der Waals surface area contributed by atoms with Crippen LogP contribution in [0.5, 0.6) is 0 Å². The van der Waals surface area contributed by atoms with Crippen LogP contribution in [-0.4, -0.2) is 28.5 Å². The zero-order valence-electron chi connectivity index (χ0n) is 20.8. The van der Waals surface area contributed by atoms with E-state index in [4.69, 9.17) is 4.52 Å². The van der Waals surface area contributed by atoms with E-state index in [0.717, 1.165) is 56.7 Å². The number of carbonyl (C=O) groups excluding carboxylic acids is 1. The first-order valence-electron chi connectivity index (χ1n) is 12.9. The van der Waals surface area contributed by atoms with Crippen molar-refractivity contribution in [3.63, 3.8) is 0 Å². The smallest absolute Gasteiger partial charge is 0.322 e. The molecule has 1 aromatic carbocycles. The average Bonchev–Trinajstić information content (AvgIpc) is 3.36. The largest absolute Gasteiger partial charge is 0.333 e. The second-order valence-electron chi connectivity index (χ2n) is 11.5. The van der Waals surface area contributed by atoms with Crippen molar-refractivity contribution in [1.29, 1.82) is 0 Å². The van der Waals surface area contributed by atoms with Crippen LogP contribution < -0.4 is 4.90 Å². The van der Waals surface area contributed by atoms with Gasteiger partial charge < -0.3 is 9.42 Å². The highest BCUT2D eigenvalue weighted by atomic mass is 19.3. The molecule has 2 aromatic rings. The number of carbonyl (C=O) groups is 1. The van der Waals surface area contributed by atoms with E-state index in [1.807, 2.05) is 36.1 Å². The van der Waals surface area contributed by atoms with Gasteiger partial charge in [0.15, 0.2) is 5.82 Å². The summed E-state index contributed by atoms with van der Waals surface area (Å²) >= 11 is 0. The van der Waals surface area contributed by atoms with Crippen LogP contribution in [0.1, 0.15) is 88.4 Å². The molecule has 1 aromatic heterocycles. The van der Waals surface area contributed by atoms with Gasteiger partial charge >= 0.3 is 5.92 Å². The molecule has 4 fully saturated rings. The van der Waals surface area contributed by atoms with E-state index < -0.39 is 23.7 Å². The maximum atomic E-state index is 13.8. The minimum absolute atomic E-state index is 0.0686. The fourth-order valence-corrected chi connectivity index (χ4v) is 6.39. The van der Waals surface area contributed by atoms with Gasteiger partial charge in [-0.3, -0.25) is 4.79 Å². The molecule has 0 N–H and O–H groups in total. The SMILES string of the molecule is Cc1cccc(N(CC23CCC(c4noc(C(C)(F)F)n4)(CC2)CC3)C(=O)C2CCC(F)(F)CC2)c1. The Labute approximate surface area is 208 Å². The first kappa shape index (κ1) is 25.2. The molecule has 0 unspecified atom stereocenters. The quantitative estimate of drug-likeness (QED) is 0.398. The third kappa shape index (κ3) is 4.77. The molecule has 0 atom stereocenters. The lowest BCUT2D eigenvalue weighted by atomic mass is 9.53. The molecule has 5 nitrogen and oxygen atoms in total. The summed E-state index contributed by atoms with van der Waals surface area (Å²) in [4.78, 5) is 19.6. The molecular formula is C27H33F4N3O2. The van der Waals surface area contributed by atoms with Gasteiger partial charge in [0, 0.05) is 43.3 Å². The Morgan fingerprint density at radius 2 is 1.72 bits per heavy atom. The molecule has 2 bridgehead atoms.